The zero-order valence-corrected chi connectivity index (χ0v) is 17.2. The number of hydrogen-bond donors (Lipinski definition) is 2. The Kier molecular flexibility index (Phi) is 5.78. The quantitative estimate of drug-likeness (QED) is 0.776. The molecule has 2 N–H and O–H groups in total. The number of nitrogens with zero attached hydrogens (tertiary/aromatic N) is 2. The van der Waals surface area contributed by atoms with E-state index in [-0.39, 0.29) is 19.0 Å². The van der Waals surface area contributed by atoms with Gasteiger partial charge in [0.05, 0.1) is 18.7 Å². The summed E-state index contributed by atoms with van der Waals surface area (Å²) in [6, 6.07) is 0.251. The highest BCUT2D eigenvalue weighted by atomic mass is 19.3. The van der Waals surface area contributed by atoms with Gasteiger partial charge >= 0.3 is 0 Å². The van der Waals surface area contributed by atoms with E-state index < -0.39 is 5.92 Å². The summed E-state index contributed by atoms with van der Waals surface area (Å²) < 4.78 is 35.5. The maximum Gasteiger partial charge on any atom is 0.272 e. The Morgan fingerprint density at radius 3 is 2.68 bits per heavy atom. The van der Waals surface area contributed by atoms with E-state index in [9.17, 15) is 8.78 Å². The van der Waals surface area contributed by atoms with Crippen molar-refractivity contribution in [1.82, 2.24) is 20.4 Å². The van der Waals surface area contributed by atoms with Crippen LogP contribution in [0.15, 0.2) is 0 Å². The molecule has 7 heteroatoms. The van der Waals surface area contributed by atoms with Gasteiger partial charge < -0.3 is 15.4 Å². The van der Waals surface area contributed by atoms with Gasteiger partial charge in [-0.3, -0.25) is 4.68 Å². The highest BCUT2D eigenvalue weighted by Gasteiger charge is 2.44. The summed E-state index contributed by atoms with van der Waals surface area (Å²) in [4.78, 5) is 0. The van der Waals surface area contributed by atoms with Crippen LogP contribution >= 0.6 is 0 Å². The number of rotatable bonds is 6. The van der Waals surface area contributed by atoms with Crippen molar-refractivity contribution in [3.8, 4) is 0 Å². The van der Waals surface area contributed by atoms with Crippen molar-refractivity contribution in [3.05, 3.63) is 17.0 Å². The summed E-state index contributed by atoms with van der Waals surface area (Å²) in [5.74, 6) is -2.30. The average molecular weight is 397 g/mol. The highest BCUT2D eigenvalue weighted by Crippen LogP contribution is 2.49. The monoisotopic (exact) mass is 396 g/mol. The van der Waals surface area contributed by atoms with Crippen LogP contribution in [0.2, 0.25) is 0 Å². The van der Waals surface area contributed by atoms with Crippen LogP contribution in [-0.4, -0.2) is 55.6 Å². The van der Waals surface area contributed by atoms with Gasteiger partial charge in [0.15, 0.2) is 0 Å². The minimum absolute atomic E-state index is 0.156. The summed E-state index contributed by atoms with van der Waals surface area (Å²) in [6.45, 7) is 2.33. The fourth-order valence-electron chi connectivity index (χ4n) is 5.60. The third-order valence-corrected chi connectivity index (χ3v) is 7.14. The van der Waals surface area contributed by atoms with E-state index in [4.69, 9.17) is 4.74 Å². The summed E-state index contributed by atoms with van der Waals surface area (Å²) >= 11 is 0. The van der Waals surface area contributed by atoms with Gasteiger partial charge in [0.25, 0.3) is 5.92 Å². The number of aromatic nitrogens is 2. The van der Waals surface area contributed by atoms with E-state index in [1.54, 1.807) is 4.68 Å². The highest BCUT2D eigenvalue weighted by molar-refractivity contribution is 5.34. The number of halogens is 2. The van der Waals surface area contributed by atoms with Crippen LogP contribution in [0.25, 0.3) is 0 Å². The molecule has 28 heavy (non-hydrogen) atoms. The molecule has 1 aromatic rings. The Hall–Kier alpha value is -1.05. The molecule has 1 spiro atoms. The summed E-state index contributed by atoms with van der Waals surface area (Å²) in [5, 5.41) is 11.2. The molecule has 3 aliphatic rings. The lowest BCUT2D eigenvalue weighted by molar-refractivity contribution is -0.0309. The van der Waals surface area contributed by atoms with Crippen LogP contribution in [0.3, 0.4) is 0 Å². The maximum atomic E-state index is 14.1. The predicted molar refractivity (Wildman–Crippen MR) is 105 cm³/mol. The van der Waals surface area contributed by atoms with Gasteiger partial charge in [-0.15, -0.1) is 0 Å². The molecule has 1 saturated carbocycles. The first-order valence-electron chi connectivity index (χ1n) is 10.8. The van der Waals surface area contributed by atoms with Gasteiger partial charge in [-0.05, 0) is 69.5 Å². The van der Waals surface area contributed by atoms with E-state index in [1.807, 2.05) is 14.1 Å². The molecule has 158 valence electrons. The van der Waals surface area contributed by atoms with Crippen molar-refractivity contribution in [3.63, 3.8) is 0 Å². The van der Waals surface area contributed by atoms with Crippen LogP contribution in [0, 0.1) is 5.41 Å². The lowest BCUT2D eigenvalue weighted by atomic mass is 9.66. The summed E-state index contributed by atoms with van der Waals surface area (Å²) in [5.41, 5.74) is 3.29. The van der Waals surface area contributed by atoms with Gasteiger partial charge in [0, 0.05) is 31.3 Å². The molecule has 5 nitrogen and oxygen atoms in total. The Bertz CT molecular complexity index is 674. The third kappa shape index (κ3) is 3.98. The van der Waals surface area contributed by atoms with Crippen molar-refractivity contribution in [2.45, 2.75) is 75.8 Å². The van der Waals surface area contributed by atoms with Crippen molar-refractivity contribution in [2.24, 2.45) is 5.41 Å². The first-order chi connectivity index (χ1) is 13.5. The van der Waals surface area contributed by atoms with Crippen LogP contribution in [-0.2, 0) is 24.1 Å². The molecular formula is C21H34F2N4O. The second kappa shape index (κ2) is 8.00. The predicted octanol–water partition coefficient (Wildman–Crippen LogP) is 2.88. The molecule has 2 aliphatic heterocycles. The number of alkyl halides is 2. The van der Waals surface area contributed by atoms with Gasteiger partial charge in [0.1, 0.15) is 6.54 Å². The topological polar surface area (TPSA) is 51.1 Å². The zero-order chi connectivity index (χ0) is 19.8. The Labute approximate surface area is 166 Å². The second-order valence-electron chi connectivity index (χ2n) is 9.18. The molecule has 0 radical (unpaired) electrons. The minimum atomic E-state index is -2.66. The Morgan fingerprint density at radius 1 is 1.25 bits per heavy atom. The molecule has 1 atom stereocenters. The second-order valence-corrected chi connectivity index (χ2v) is 9.18. The van der Waals surface area contributed by atoms with E-state index in [2.05, 4.69) is 15.7 Å². The molecule has 1 aliphatic carbocycles. The normalized spacial score (nSPS) is 30.5. The molecule has 0 bridgehead atoms. The zero-order valence-electron chi connectivity index (χ0n) is 17.2. The summed E-state index contributed by atoms with van der Waals surface area (Å²) in [7, 11) is 3.89. The lowest BCUT2D eigenvalue weighted by Gasteiger charge is -2.42. The van der Waals surface area contributed by atoms with Gasteiger partial charge in [-0.25, -0.2) is 8.78 Å². The van der Waals surface area contributed by atoms with Gasteiger partial charge in [-0.2, -0.15) is 5.10 Å². The Morgan fingerprint density at radius 2 is 2.04 bits per heavy atom. The fraction of sp³-hybridized carbons (Fsp3) is 0.857. The first kappa shape index (κ1) is 20.2. The van der Waals surface area contributed by atoms with E-state index in [0.717, 1.165) is 75.2 Å². The summed E-state index contributed by atoms with van der Waals surface area (Å²) in [6.07, 6.45) is 7.45. The number of likely N-dealkylation sites (N-methyl/N-ethyl adjacent to an activating group) is 2. The molecule has 3 heterocycles. The molecule has 2 fully saturated rings. The molecule has 0 aromatic carbocycles. The number of hydrogen-bond acceptors (Lipinski definition) is 4. The van der Waals surface area contributed by atoms with Crippen molar-refractivity contribution >= 4 is 0 Å². The van der Waals surface area contributed by atoms with Crippen LogP contribution in [0.4, 0.5) is 8.78 Å². The molecular weight excluding hydrogens is 362 g/mol. The van der Waals surface area contributed by atoms with Crippen LogP contribution < -0.4 is 10.6 Å². The number of nitrogens with one attached hydrogen (secondary N) is 2. The van der Waals surface area contributed by atoms with Crippen molar-refractivity contribution in [1.29, 1.82) is 0 Å². The van der Waals surface area contributed by atoms with Gasteiger partial charge in [0.2, 0.25) is 0 Å². The lowest BCUT2D eigenvalue weighted by Crippen LogP contribution is -2.38. The van der Waals surface area contributed by atoms with E-state index in [0.29, 0.717) is 11.3 Å². The maximum absolute atomic E-state index is 14.1. The molecule has 4 rings (SSSR count). The number of ether oxygens (including phenoxy) is 1. The van der Waals surface area contributed by atoms with Crippen LogP contribution in [0.5, 0.6) is 0 Å². The molecule has 1 unspecified atom stereocenters. The SMILES string of the molecule is CNCC(Cc1nn2c(c1C1CCC3(CCCOC3)CC1)CC(F)(F)C2)NC. The minimum Gasteiger partial charge on any atom is -0.381 e. The smallest absolute Gasteiger partial charge is 0.272 e. The molecule has 1 aromatic heterocycles. The van der Waals surface area contributed by atoms with E-state index in [1.165, 1.54) is 6.42 Å². The van der Waals surface area contributed by atoms with E-state index >= 15 is 0 Å². The number of fused-ring (bicyclic) bond motifs is 1. The Balaban J connectivity index is 1.56. The van der Waals surface area contributed by atoms with Crippen molar-refractivity contribution < 1.29 is 13.5 Å². The standard InChI is InChI=1S/C21H34F2N4O/c1-24-12-16(25-2)10-17-19(18-11-21(22,23)13-27(18)26-17)15-4-7-20(8-5-15)6-3-9-28-14-20/h15-16,24-25H,3-14H2,1-2H3. The fourth-order valence-corrected chi connectivity index (χ4v) is 5.60. The van der Waals surface area contributed by atoms with Gasteiger partial charge in [-0.1, -0.05) is 0 Å². The first-order valence-corrected chi connectivity index (χ1v) is 10.8. The molecule has 0 amide bonds. The average Bonchev–Trinajstić information content (AvgIpc) is 3.14. The third-order valence-electron chi connectivity index (χ3n) is 7.14. The van der Waals surface area contributed by atoms with Crippen LogP contribution in [0.1, 0.15) is 61.4 Å². The molecule has 1 saturated heterocycles. The van der Waals surface area contributed by atoms with Crippen molar-refractivity contribution in [2.75, 3.05) is 33.9 Å². The largest absolute Gasteiger partial charge is 0.381 e.